The minimum Gasteiger partial charge on any atom is -0.496 e. The monoisotopic (exact) mass is 472 g/mol. The van der Waals surface area contributed by atoms with Crippen molar-refractivity contribution in [1.82, 2.24) is 5.32 Å². The lowest BCUT2D eigenvalue weighted by Gasteiger charge is -2.30. The average Bonchev–Trinajstić information content (AvgIpc) is 2.67. The zero-order chi connectivity index (χ0) is 22.6. The van der Waals surface area contributed by atoms with Gasteiger partial charge in [0.25, 0.3) is 0 Å². The number of rotatable bonds is 8. The topological polar surface area (TPSA) is 75.7 Å². The summed E-state index contributed by atoms with van der Waals surface area (Å²) >= 11 is 12.0. The Morgan fingerprint density at radius 2 is 1.83 bits per heavy atom. The van der Waals surface area contributed by atoms with E-state index in [1.54, 1.807) is 7.11 Å². The minimum atomic E-state index is -3.76. The number of amides is 1. The van der Waals surface area contributed by atoms with Crippen LogP contribution in [-0.4, -0.2) is 33.7 Å². The first-order chi connectivity index (χ1) is 14.0. The number of benzene rings is 2. The van der Waals surface area contributed by atoms with Crippen LogP contribution in [0.4, 0.5) is 5.69 Å². The molecule has 0 bridgehead atoms. The summed E-state index contributed by atoms with van der Waals surface area (Å²) in [6, 6.07) is 8.86. The fourth-order valence-electron chi connectivity index (χ4n) is 3.26. The lowest BCUT2D eigenvalue weighted by molar-refractivity contribution is -0.122. The van der Waals surface area contributed by atoms with Gasteiger partial charge < -0.3 is 10.1 Å². The molecule has 2 aromatic rings. The molecule has 0 saturated heterocycles. The first-order valence-electron chi connectivity index (χ1n) is 9.39. The van der Waals surface area contributed by atoms with Crippen molar-refractivity contribution in [2.45, 2.75) is 39.3 Å². The van der Waals surface area contributed by atoms with E-state index in [0.29, 0.717) is 11.4 Å². The first-order valence-corrected chi connectivity index (χ1v) is 12.0. The highest BCUT2D eigenvalue weighted by Gasteiger charge is 2.30. The van der Waals surface area contributed by atoms with Gasteiger partial charge in [-0.05, 0) is 55.7 Å². The molecule has 0 unspecified atom stereocenters. The SMILES string of the molecule is CC[C@H](NC(=O)[C@H](C)N(c1ccc(Cl)c(Cl)c1)S(C)(=O)=O)c1ccc(OC)c(C)c1. The predicted molar refractivity (Wildman–Crippen MR) is 122 cm³/mol. The van der Waals surface area contributed by atoms with Crippen molar-refractivity contribution >= 4 is 44.8 Å². The van der Waals surface area contributed by atoms with E-state index in [0.717, 1.165) is 27.4 Å². The van der Waals surface area contributed by atoms with Crippen LogP contribution in [0.2, 0.25) is 10.0 Å². The van der Waals surface area contributed by atoms with Crippen molar-refractivity contribution in [2.24, 2.45) is 0 Å². The minimum absolute atomic E-state index is 0.204. The van der Waals surface area contributed by atoms with E-state index < -0.39 is 22.0 Å². The molecule has 164 valence electrons. The second-order valence-electron chi connectivity index (χ2n) is 7.03. The Bertz CT molecular complexity index is 1030. The van der Waals surface area contributed by atoms with Crippen LogP contribution in [0.25, 0.3) is 0 Å². The van der Waals surface area contributed by atoms with Crippen molar-refractivity contribution < 1.29 is 17.9 Å². The Balaban J connectivity index is 2.31. The molecular weight excluding hydrogens is 447 g/mol. The van der Waals surface area contributed by atoms with Gasteiger partial charge in [-0.2, -0.15) is 0 Å². The number of methoxy groups -OCH3 is 1. The van der Waals surface area contributed by atoms with Crippen LogP contribution >= 0.6 is 23.2 Å². The van der Waals surface area contributed by atoms with E-state index in [4.69, 9.17) is 27.9 Å². The van der Waals surface area contributed by atoms with Crippen molar-refractivity contribution in [3.8, 4) is 5.75 Å². The van der Waals surface area contributed by atoms with Gasteiger partial charge in [-0.3, -0.25) is 9.10 Å². The third-order valence-electron chi connectivity index (χ3n) is 4.79. The Hall–Kier alpha value is -1.96. The van der Waals surface area contributed by atoms with E-state index in [1.807, 2.05) is 32.0 Å². The molecule has 0 aliphatic carbocycles. The van der Waals surface area contributed by atoms with Gasteiger partial charge in [0.05, 0.1) is 35.1 Å². The quantitative estimate of drug-likeness (QED) is 0.602. The lowest BCUT2D eigenvalue weighted by atomic mass is 10.0. The summed E-state index contributed by atoms with van der Waals surface area (Å²) in [7, 11) is -2.16. The number of ether oxygens (including phenoxy) is 1. The standard InChI is InChI=1S/C21H26Cl2N2O4S/c1-6-19(15-7-10-20(29-4)13(2)11-15)24-21(26)14(3)25(30(5,27)28)16-8-9-17(22)18(23)12-16/h7-12,14,19H,6H2,1-5H3,(H,24,26)/t14-,19-/m0/s1. The van der Waals surface area contributed by atoms with E-state index in [2.05, 4.69) is 5.32 Å². The molecule has 0 radical (unpaired) electrons. The maximum atomic E-state index is 13.0. The molecule has 0 aliphatic heterocycles. The van der Waals surface area contributed by atoms with Gasteiger partial charge in [-0.25, -0.2) is 8.42 Å². The molecule has 0 heterocycles. The first kappa shape index (κ1) is 24.3. The Kier molecular flexibility index (Phi) is 8.02. The zero-order valence-corrected chi connectivity index (χ0v) is 19.9. The van der Waals surface area contributed by atoms with Crippen molar-refractivity contribution in [1.29, 1.82) is 0 Å². The maximum absolute atomic E-state index is 13.0. The molecule has 1 N–H and O–H groups in total. The number of nitrogens with zero attached hydrogens (tertiary/aromatic N) is 1. The highest BCUT2D eigenvalue weighted by molar-refractivity contribution is 7.92. The van der Waals surface area contributed by atoms with Gasteiger partial charge in [0, 0.05) is 0 Å². The third kappa shape index (κ3) is 5.59. The molecule has 2 atom stereocenters. The van der Waals surface area contributed by atoms with Crippen LogP contribution in [-0.2, 0) is 14.8 Å². The fraction of sp³-hybridized carbons (Fsp3) is 0.381. The number of hydrogen-bond acceptors (Lipinski definition) is 4. The Morgan fingerprint density at radius 1 is 1.17 bits per heavy atom. The van der Waals surface area contributed by atoms with Crippen LogP contribution < -0.4 is 14.4 Å². The summed E-state index contributed by atoms with van der Waals surface area (Å²) in [6.45, 7) is 5.41. The highest BCUT2D eigenvalue weighted by atomic mass is 35.5. The van der Waals surface area contributed by atoms with Gasteiger partial charge in [-0.15, -0.1) is 0 Å². The van der Waals surface area contributed by atoms with Gasteiger partial charge in [0.2, 0.25) is 15.9 Å². The maximum Gasteiger partial charge on any atom is 0.244 e. The normalized spacial score (nSPS) is 13.4. The second-order valence-corrected chi connectivity index (χ2v) is 9.71. The zero-order valence-electron chi connectivity index (χ0n) is 17.6. The smallest absolute Gasteiger partial charge is 0.244 e. The van der Waals surface area contributed by atoms with Crippen molar-refractivity contribution in [3.05, 3.63) is 57.6 Å². The van der Waals surface area contributed by atoms with Crippen molar-refractivity contribution in [3.63, 3.8) is 0 Å². The summed E-state index contributed by atoms with van der Waals surface area (Å²) in [5.74, 6) is 0.336. The molecule has 0 fully saturated rings. The molecule has 6 nitrogen and oxygen atoms in total. The fourth-order valence-corrected chi connectivity index (χ4v) is 4.72. The molecule has 0 spiro atoms. The van der Waals surface area contributed by atoms with Gasteiger partial charge in [-0.1, -0.05) is 42.3 Å². The van der Waals surface area contributed by atoms with Crippen molar-refractivity contribution in [2.75, 3.05) is 17.7 Å². The highest BCUT2D eigenvalue weighted by Crippen LogP contribution is 2.30. The predicted octanol–water partition coefficient (Wildman–Crippen LogP) is 4.73. The van der Waals surface area contributed by atoms with Gasteiger partial charge in [0.15, 0.2) is 0 Å². The van der Waals surface area contributed by atoms with Crippen LogP contribution in [0.3, 0.4) is 0 Å². The molecule has 0 saturated carbocycles. The number of hydrogen-bond donors (Lipinski definition) is 1. The van der Waals surface area contributed by atoms with Crippen LogP contribution in [0.5, 0.6) is 5.75 Å². The van der Waals surface area contributed by atoms with E-state index in [-0.39, 0.29) is 16.8 Å². The number of halogens is 2. The molecular formula is C21H26Cl2N2O4S. The van der Waals surface area contributed by atoms with Crippen LogP contribution in [0, 0.1) is 6.92 Å². The number of aryl methyl sites for hydroxylation is 1. The number of carbonyl (C=O) groups is 1. The van der Waals surface area contributed by atoms with Crippen LogP contribution in [0.1, 0.15) is 37.4 Å². The summed E-state index contributed by atoms with van der Waals surface area (Å²) in [4.78, 5) is 13.0. The van der Waals surface area contributed by atoms with Crippen LogP contribution in [0.15, 0.2) is 36.4 Å². The molecule has 30 heavy (non-hydrogen) atoms. The molecule has 2 rings (SSSR count). The van der Waals surface area contributed by atoms with E-state index in [9.17, 15) is 13.2 Å². The summed E-state index contributed by atoms with van der Waals surface area (Å²) in [5, 5.41) is 3.45. The van der Waals surface area contributed by atoms with Gasteiger partial charge in [0.1, 0.15) is 11.8 Å². The number of carbonyl (C=O) groups excluding carboxylic acids is 1. The molecule has 1 amide bonds. The Labute approximate surface area is 188 Å². The summed E-state index contributed by atoms with van der Waals surface area (Å²) < 4.78 is 31.3. The van der Waals surface area contributed by atoms with E-state index in [1.165, 1.54) is 25.1 Å². The summed E-state index contributed by atoms with van der Waals surface area (Å²) in [5.41, 5.74) is 2.13. The molecule has 0 aliphatic rings. The largest absolute Gasteiger partial charge is 0.496 e. The van der Waals surface area contributed by atoms with Gasteiger partial charge >= 0.3 is 0 Å². The molecule has 9 heteroatoms. The number of sulfonamides is 1. The molecule has 0 aromatic heterocycles. The van der Waals surface area contributed by atoms with E-state index >= 15 is 0 Å². The lowest BCUT2D eigenvalue weighted by Crippen LogP contribution is -2.48. The summed E-state index contributed by atoms with van der Waals surface area (Å²) in [6.07, 6.45) is 1.68. The number of anilines is 1. The average molecular weight is 473 g/mol. The Morgan fingerprint density at radius 3 is 2.33 bits per heavy atom. The number of nitrogens with one attached hydrogen (secondary N) is 1. The third-order valence-corrected chi connectivity index (χ3v) is 6.77. The second kappa shape index (κ2) is 9.90. The molecule has 2 aromatic carbocycles.